The second kappa shape index (κ2) is 6.18. The summed E-state index contributed by atoms with van der Waals surface area (Å²) in [5.74, 6) is -0.0682. The van der Waals surface area contributed by atoms with Gasteiger partial charge in [0.15, 0.2) is 5.78 Å². The summed E-state index contributed by atoms with van der Waals surface area (Å²) in [6.45, 7) is 0. The third-order valence-electron chi connectivity index (χ3n) is 3.48. The van der Waals surface area contributed by atoms with E-state index in [0.29, 0.717) is 31.0 Å². The second-order valence-electron chi connectivity index (χ2n) is 4.75. The Balaban J connectivity index is 2.58. The van der Waals surface area contributed by atoms with Crippen molar-refractivity contribution in [3.8, 4) is 0 Å². The lowest BCUT2D eigenvalue weighted by atomic mass is 9.95. The molecule has 22 heavy (non-hydrogen) atoms. The van der Waals surface area contributed by atoms with Gasteiger partial charge in [0.1, 0.15) is 0 Å². The molecule has 6 heteroatoms. The van der Waals surface area contributed by atoms with Gasteiger partial charge in [0.25, 0.3) is 0 Å². The molecule has 1 nitrogen and oxygen atoms in total. The van der Waals surface area contributed by atoms with Crippen LogP contribution in [0.1, 0.15) is 10.4 Å². The van der Waals surface area contributed by atoms with E-state index in [9.17, 15) is 4.79 Å². The van der Waals surface area contributed by atoms with Gasteiger partial charge in [-0.15, -0.1) is 0 Å². The summed E-state index contributed by atoms with van der Waals surface area (Å²) in [6.07, 6.45) is 0. The maximum Gasteiger partial charge on any atom is 0.174 e. The Morgan fingerprint density at radius 1 is 0.818 bits per heavy atom. The van der Waals surface area contributed by atoms with Crippen molar-refractivity contribution >= 4 is 89.7 Å². The Kier molecular flexibility index (Phi) is 4.59. The van der Waals surface area contributed by atoms with E-state index in [0.717, 1.165) is 16.2 Å². The zero-order valence-electron chi connectivity index (χ0n) is 10.9. The maximum atomic E-state index is 12.3. The van der Waals surface area contributed by atoms with E-state index >= 15 is 0 Å². The first-order valence-corrected chi connectivity index (χ1v) is 8.86. The van der Waals surface area contributed by atoms with Gasteiger partial charge in [-0.3, -0.25) is 4.79 Å². The van der Waals surface area contributed by atoms with E-state index in [4.69, 9.17) is 46.4 Å². The molecule has 0 aliphatic rings. The summed E-state index contributed by atoms with van der Waals surface area (Å²) in [4.78, 5) is 12.3. The van der Waals surface area contributed by atoms with Gasteiger partial charge in [-0.1, -0.05) is 68.4 Å². The van der Waals surface area contributed by atoms with Crippen LogP contribution >= 0.6 is 62.3 Å². The molecule has 0 radical (unpaired) electrons. The Morgan fingerprint density at radius 3 is 2.09 bits per heavy atom. The van der Waals surface area contributed by atoms with Crippen LogP contribution in [0.4, 0.5) is 0 Å². The molecular weight excluding hydrogens is 430 g/mol. The first-order valence-electron chi connectivity index (χ1n) is 6.22. The van der Waals surface area contributed by atoms with Crippen molar-refractivity contribution in [3.05, 3.63) is 56.0 Å². The van der Waals surface area contributed by atoms with Crippen molar-refractivity contribution < 1.29 is 4.79 Å². The van der Waals surface area contributed by atoms with Crippen LogP contribution in [0.5, 0.6) is 0 Å². The highest BCUT2D eigenvalue weighted by atomic mass is 79.9. The normalized spacial score (nSPS) is 11.3. The predicted molar refractivity (Wildman–Crippen MR) is 99.6 cm³/mol. The topological polar surface area (TPSA) is 17.1 Å². The Morgan fingerprint density at radius 2 is 1.45 bits per heavy atom. The molecule has 0 saturated carbocycles. The zero-order valence-corrected chi connectivity index (χ0v) is 15.5. The number of benzene rings is 3. The number of alkyl halides is 1. The van der Waals surface area contributed by atoms with Crippen LogP contribution in [0.2, 0.25) is 20.1 Å². The minimum absolute atomic E-state index is 0.0682. The Labute approximate surface area is 155 Å². The average Bonchev–Trinajstić information content (AvgIpc) is 2.51. The van der Waals surface area contributed by atoms with E-state index in [1.165, 1.54) is 0 Å². The lowest BCUT2D eigenvalue weighted by Gasteiger charge is -2.12. The Hall–Kier alpha value is -0.510. The number of halogens is 5. The van der Waals surface area contributed by atoms with Gasteiger partial charge in [0, 0.05) is 10.9 Å². The molecular formula is C16H7BrCl4O. The molecule has 0 amide bonds. The first-order chi connectivity index (χ1) is 10.4. The lowest BCUT2D eigenvalue weighted by molar-refractivity contribution is 0.102. The summed E-state index contributed by atoms with van der Waals surface area (Å²) < 4.78 is 0. The number of hydrogen-bond donors (Lipinski definition) is 0. The predicted octanol–water partition coefficient (Wildman–Crippen LogP) is 7.18. The quantitative estimate of drug-likeness (QED) is 0.236. The fourth-order valence-electron chi connectivity index (χ4n) is 2.46. The van der Waals surface area contributed by atoms with Crippen LogP contribution in [0.3, 0.4) is 0 Å². The number of fused-ring (bicyclic) bond motifs is 3. The number of ketones is 1. The van der Waals surface area contributed by atoms with Gasteiger partial charge < -0.3 is 0 Å². The van der Waals surface area contributed by atoms with Crippen molar-refractivity contribution in [2.75, 3.05) is 5.33 Å². The average molecular weight is 437 g/mol. The highest BCUT2D eigenvalue weighted by Gasteiger charge is 2.16. The molecule has 0 aliphatic heterocycles. The van der Waals surface area contributed by atoms with Crippen LogP contribution < -0.4 is 0 Å². The van der Waals surface area contributed by atoms with Crippen LogP contribution in [-0.2, 0) is 0 Å². The SMILES string of the molecule is O=C(CBr)c1cc2c(Cl)c(Cl)ccc2c2cc(Cl)c(Cl)cc12. The van der Waals surface area contributed by atoms with E-state index in [2.05, 4.69) is 15.9 Å². The first kappa shape index (κ1) is 16.4. The second-order valence-corrected chi connectivity index (χ2v) is 6.91. The smallest absolute Gasteiger partial charge is 0.174 e. The molecule has 3 aromatic carbocycles. The van der Waals surface area contributed by atoms with Gasteiger partial charge in [-0.05, 0) is 40.4 Å². The van der Waals surface area contributed by atoms with Crippen molar-refractivity contribution in [2.24, 2.45) is 0 Å². The molecule has 0 fully saturated rings. The molecule has 0 heterocycles. The molecule has 0 bridgehead atoms. The molecule has 0 aliphatic carbocycles. The monoisotopic (exact) mass is 434 g/mol. The van der Waals surface area contributed by atoms with Crippen molar-refractivity contribution in [3.63, 3.8) is 0 Å². The molecule has 0 atom stereocenters. The molecule has 3 aromatic rings. The van der Waals surface area contributed by atoms with Crippen LogP contribution in [0.15, 0.2) is 30.3 Å². The fraction of sp³-hybridized carbons (Fsp3) is 0.0625. The van der Waals surface area contributed by atoms with E-state index in [1.807, 2.05) is 6.07 Å². The maximum absolute atomic E-state index is 12.3. The van der Waals surface area contributed by atoms with Crippen molar-refractivity contribution in [1.29, 1.82) is 0 Å². The number of carbonyl (C=O) groups excluding carboxylic acids is 1. The van der Waals surface area contributed by atoms with E-state index < -0.39 is 0 Å². The third kappa shape index (κ3) is 2.61. The number of Topliss-reactive ketones (excluding diaryl/α,β-unsaturated/α-hetero) is 1. The van der Waals surface area contributed by atoms with Gasteiger partial charge in [-0.2, -0.15) is 0 Å². The van der Waals surface area contributed by atoms with Crippen LogP contribution in [0, 0.1) is 0 Å². The summed E-state index contributed by atoms with van der Waals surface area (Å²) in [7, 11) is 0. The van der Waals surface area contributed by atoms with Crippen LogP contribution in [0.25, 0.3) is 21.5 Å². The molecule has 112 valence electrons. The molecule has 0 N–H and O–H groups in total. The molecule has 0 saturated heterocycles. The van der Waals surface area contributed by atoms with Crippen molar-refractivity contribution in [2.45, 2.75) is 0 Å². The zero-order chi connectivity index (χ0) is 16.0. The minimum atomic E-state index is -0.0682. The molecule has 0 spiro atoms. The Bertz CT molecular complexity index is 937. The molecule has 0 aromatic heterocycles. The van der Waals surface area contributed by atoms with Crippen LogP contribution in [-0.4, -0.2) is 11.1 Å². The van der Waals surface area contributed by atoms with Crippen molar-refractivity contribution in [1.82, 2.24) is 0 Å². The summed E-state index contributed by atoms with van der Waals surface area (Å²) >= 11 is 27.8. The number of carbonyl (C=O) groups is 1. The fourth-order valence-corrected chi connectivity index (χ4v) is 3.47. The third-order valence-corrected chi connectivity index (χ3v) is 5.53. The minimum Gasteiger partial charge on any atom is -0.293 e. The number of hydrogen-bond acceptors (Lipinski definition) is 1. The largest absolute Gasteiger partial charge is 0.293 e. The standard InChI is InChI=1S/C16H7BrCl4O/c17-6-15(22)10-3-11-7(1-2-12(18)16(11)21)8-4-13(19)14(20)5-9(8)10/h1-5H,6H2. The summed E-state index contributed by atoms with van der Waals surface area (Å²) in [5, 5.41) is 5.01. The van der Waals surface area contributed by atoms with Gasteiger partial charge in [0.2, 0.25) is 0 Å². The molecule has 3 rings (SSSR count). The number of rotatable bonds is 2. The summed E-state index contributed by atoms with van der Waals surface area (Å²) in [5.41, 5.74) is 0.530. The van der Waals surface area contributed by atoms with Gasteiger partial charge >= 0.3 is 0 Å². The van der Waals surface area contributed by atoms with E-state index in [-0.39, 0.29) is 11.1 Å². The highest BCUT2D eigenvalue weighted by molar-refractivity contribution is 9.09. The van der Waals surface area contributed by atoms with Gasteiger partial charge in [0.05, 0.1) is 25.4 Å². The lowest BCUT2D eigenvalue weighted by Crippen LogP contribution is -2.01. The highest BCUT2D eigenvalue weighted by Crippen LogP contribution is 2.39. The van der Waals surface area contributed by atoms with Gasteiger partial charge in [-0.25, -0.2) is 0 Å². The molecule has 0 unspecified atom stereocenters. The summed E-state index contributed by atoms with van der Waals surface area (Å²) in [6, 6.07) is 8.78. The van der Waals surface area contributed by atoms with E-state index in [1.54, 1.807) is 24.3 Å².